The van der Waals surface area contributed by atoms with E-state index in [0.29, 0.717) is 16.8 Å². The summed E-state index contributed by atoms with van der Waals surface area (Å²) in [7, 11) is 4.10. The average molecular weight is 585 g/mol. The number of allylic oxidation sites excluding steroid dienone is 2. The molecule has 2 aromatic rings. The summed E-state index contributed by atoms with van der Waals surface area (Å²) in [5.41, 5.74) is 1.37. The summed E-state index contributed by atoms with van der Waals surface area (Å²) in [5, 5.41) is 10.3. The lowest BCUT2D eigenvalue weighted by molar-refractivity contribution is -0.138. The molecule has 6 atom stereocenters. The highest BCUT2D eigenvalue weighted by molar-refractivity contribution is 6.53. The van der Waals surface area contributed by atoms with Crippen LogP contribution in [0, 0.1) is 17.8 Å². The lowest BCUT2D eigenvalue weighted by Gasteiger charge is -2.51. The smallest absolute Gasteiger partial charge is 0.253 e. The van der Waals surface area contributed by atoms with Gasteiger partial charge in [-0.25, -0.2) is 0 Å². The van der Waals surface area contributed by atoms with Crippen molar-refractivity contribution in [2.24, 2.45) is 17.8 Å². The molecule has 4 aliphatic rings. The lowest BCUT2D eigenvalue weighted by Crippen LogP contribution is -2.60. The van der Waals surface area contributed by atoms with E-state index in [-0.39, 0.29) is 36.0 Å². The molecule has 0 bridgehead atoms. The minimum absolute atomic E-state index is 0.124. The summed E-state index contributed by atoms with van der Waals surface area (Å²) in [6.07, 6.45) is 1.93. The number of imide groups is 2. The molecule has 1 saturated carbocycles. The second-order valence-corrected chi connectivity index (χ2v) is 11.9. The number of carbonyl (C=O) groups excluding carboxylic acids is 4. The van der Waals surface area contributed by atoms with Crippen LogP contribution in [-0.2, 0) is 19.2 Å². The second kappa shape index (κ2) is 8.97. The van der Waals surface area contributed by atoms with Crippen molar-refractivity contribution in [2.45, 2.75) is 28.5 Å². The normalized spacial score (nSPS) is 33.0. The number of alkyl halides is 2. The Bertz CT molecular complexity index is 1490. The van der Waals surface area contributed by atoms with E-state index in [1.165, 1.54) is 38.3 Å². The van der Waals surface area contributed by atoms with Gasteiger partial charge in [0.25, 0.3) is 11.8 Å². The fourth-order valence-corrected chi connectivity index (χ4v) is 8.11. The Hall–Kier alpha value is -3.56. The molecule has 2 aromatic carbocycles. The maximum atomic E-state index is 14.0. The van der Waals surface area contributed by atoms with Gasteiger partial charge in [0.15, 0.2) is 9.75 Å². The number of fused-ring (bicyclic) bond motifs is 4. The van der Waals surface area contributed by atoms with E-state index in [0.717, 1.165) is 4.90 Å². The van der Waals surface area contributed by atoms with Crippen LogP contribution in [0.25, 0.3) is 0 Å². The number of phenols is 1. The molecular weight excluding hydrogens is 559 g/mol. The molecule has 11 heteroatoms. The number of amides is 4. The van der Waals surface area contributed by atoms with Gasteiger partial charge in [-0.1, -0.05) is 29.8 Å². The maximum absolute atomic E-state index is 14.0. The van der Waals surface area contributed by atoms with Crippen LogP contribution in [0.2, 0.25) is 0 Å². The number of halogens is 2. The number of hydrogen-bond donors (Lipinski definition) is 1. The first-order valence-corrected chi connectivity index (χ1v) is 13.5. The van der Waals surface area contributed by atoms with Crippen LogP contribution in [-0.4, -0.2) is 64.7 Å². The first-order chi connectivity index (χ1) is 19.0. The van der Waals surface area contributed by atoms with E-state index in [1.54, 1.807) is 30.3 Å². The van der Waals surface area contributed by atoms with E-state index in [1.807, 2.05) is 6.08 Å². The molecule has 0 spiro atoms. The van der Waals surface area contributed by atoms with Gasteiger partial charge in [-0.15, -0.1) is 23.2 Å². The van der Waals surface area contributed by atoms with Crippen LogP contribution < -0.4 is 14.4 Å². The van der Waals surface area contributed by atoms with Crippen molar-refractivity contribution in [2.75, 3.05) is 26.2 Å². The zero-order valence-corrected chi connectivity index (χ0v) is 23.4. The highest BCUT2D eigenvalue weighted by atomic mass is 35.5. The molecule has 6 unspecified atom stereocenters. The fraction of sp³-hybridized carbons (Fsp3) is 0.379. The van der Waals surface area contributed by atoms with E-state index in [4.69, 9.17) is 32.7 Å². The summed E-state index contributed by atoms with van der Waals surface area (Å²) in [6.45, 7) is 0. The number of ether oxygens (including phenoxy) is 2. The molecule has 2 aliphatic heterocycles. The third-order valence-corrected chi connectivity index (χ3v) is 10.3. The Balaban J connectivity index is 1.58. The second-order valence-electron chi connectivity index (χ2n) is 10.6. The van der Waals surface area contributed by atoms with E-state index >= 15 is 0 Å². The Labute approximate surface area is 240 Å². The number of aromatic hydroxyl groups is 1. The third-order valence-electron chi connectivity index (χ3n) is 8.85. The van der Waals surface area contributed by atoms with Gasteiger partial charge in [-0.3, -0.25) is 29.0 Å². The predicted molar refractivity (Wildman–Crippen MR) is 146 cm³/mol. The molecule has 4 amide bonds. The lowest BCUT2D eigenvalue weighted by atomic mass is 9.56. The van der Waals surface area contributed by atoms with Gasteiger partial charge in [0.1, 0.15) is 17.2 Å². The largest absolute Gasteiger partial charge is 0.508 e. The zero-order chi connectivity index (χ0) is 28.7. The SMILES string of the molecule is COc1cc(O)cc(OC)c1C1C2=CCC3C(=O)N(c4ccccc4)C(=O)C3C2CC2(Cl)C(=O)N(C)C(=O)C12Cl. The van der Waals surface area contributed by atoms with Crippen molar-refractivity contribution in [3.63, 3.8) is 0 Å². The van der Waals surface area contributed by atoms with Crippen molar-refractivity contribution in [1.29, 1.82) is 0 Å². The molecule has 0 radical (unpaired) electrons. The van der Waals surface area contributed by atoms with Crippen molar-refractivity contribution in [3.8, 4) is 17.2 Å². The van der Waals surface area contributed by atoms with Crippen LogP contribution in [0.3, 0.4) is 0 Å². The number of methoxy groups -OCH3 is 2. The molecule has 9 nitrogen and oxygen atoms in total. The maximum Gasteiger partial charge on any atom is 0.253 e. The van der Waals surface area contributed by atoms with Gasteiger partial charge in [0.05, 0.1) is 31.7 Å². The molecule has 1 N–H and O–H groups in total. The van der Waals surface area contributed by atoms with E-state index in [9.17, 15) is 24.3 Å². The summed E-state index contributed by atoms with van der Waals surface area (Å²) in [5.74, 6) is -5.18. The van der Waals surface area contributed by atoms with Gasteiger partial charge in [-0.05, 0) is 30.9 Å². The van der Waals surface area contributed by atoms with E-state index in [2.05, 4.69) is 0 Å². The number of phenolic OH excluding ortho intramolecular Hbond substituents is 1. The van der Waals surface area contributed by atoms with Crippen LogP contribution in [0.1, 0.15) is 24.3 Å². The number of rotatable bonds is 4. The summed E-state index contributed by atoms with van der Waals surface area (Å²) in [6, 6.07) is 11.4. The highest BCUT2D eigenvalue weighted by Gasteiger charge is 2.76. The number of hydrogen-bond acceptors (Lipinski definition) is 7. The van der Waals surface area contributed by atoms with Gasteiger partial charge in [0, 0.05) is 30.7 Å². The number of nitrogens with zero attached hydrogens (tertiary/aromatic N) is 2. The van der Waals surface area contributed by atoms with Crippen LogP contribution >= 0.6 is 23.2 Å². The Morgan fingerprint density at radius 2 is 1.55 bits per heavy atom. The summed E-state index contributed by atoms with van der Waals surface area (Å²) in [4.78, 5) is 53.1. The minimum atomic E-state index is -2.00. The summed E-state index contributed by atoms with van der Waals surface area (Å²) < 4.78 is 11.2. The number of benzene rings is 2. The molecule has 3 fully saturated rings. The van der Waals surface area contributed by atoms with Crippen molar-refractivity contribution in [1.82, 2.24) is 4.90 Å². The molecule has 6 rings (SSSR count). The van der Waals surface area contributed by atoms with Crippen molar-refractivity contribution in [3.05, 3.63) is 59.7 Å². The average Bonchev–Trinajstić information content (AvgIpc) is 3.28. The Morgan fingerprint density at radius 3 is 2.15 bits per heavy atom. The molecule has 2 heterocycles. The van der Waals surface area contributed by atoms with Crippen LogP contribution in [0.4, 0.5) is 5.69 Å². The molecule has 40 heavy (non-hydrogen) atoms. The topological polar surface area (TPSA) is 113 Å². The van der Waals surface area contributed by atoms with E-state index < -0.39 is 51.1 Å². The molecule has 208 valence electrons. The molecule has 2 aliphatic carbocycles. The zero-order valence-electron chi connectivity index (χ0n) is 21.9. The highest BCUT2D eigenvalue weighted by Crippen LogP contribution is 2.67. The quantitative estimate of drug-likeness (QED) is 0.332. The van der Waals surface area contributed by atoms with Gasteiger partial charge >= 0.3 is 0 Å². The third kappa shape index (κ3) is 3.22. The Morgan fingerprint density at radius 1 is 0.925 bits per heavy atom. The first-order valence-electron chi connectivity index (χ1n) is 12.8. The van der Waals surface area contributed by atoms with Crippen LogP contribution in [0.15, 0.2) is 54.1 Å². The summed E-state index contributed by atoms with van der Waals surface area (Å²) >= 11 is 14.4. The number of anilines is 1. The molecule has 2 saturated heterocycles. The van der Waals surface area contributed by atoms with Crippen LogP contribution in [0.5, 0.6) is 17.2 Å². The monoisotopic (exact) mass is 584 g/mol. The van der Waals surface area contributed by atoms with Gasteiger partial charge in [0.2, 0.25) is 11.8 Å². The number of carbonyl (C=O) groups is 4. The number of likely N-dealkylation sites (tertiary alicyclic amines) is 1. The molecular formula is C29H26Cl2N2O7. The first kappa shape index (κ1) is 26.7. The van der Waals surface area contributed by atoms with Crippen molar-refractivity contribution >= 4 is 52.5 Å². The van der Waals surface area contributed by atoms with Gasteiger partial charge < -0.3 is 14.6 Å². The van der Waals surface area contributed by atoms with Gasteiger partial charge in [-0.2, -0.15) is 0 Å². The van der Waals surface area contributed by atoms with Crippen molar-refractivity contribution < 1.29 is 33.8 Å². The Kier molecular flexibility index (Phi) is 5.98. The minimum Gasteiger partial charge on any atom is -0.508 e. The predicted octanol–water partition coefficient (Wildman–Crippen LogP) is 3.60. The molecule has 0 aromatic heterocycles. The number of para-hydroxylation sites is 1. The standard InChI is InChI=1S/C29H26Cl2N2O7/c1-32-26(37)28(30)13-18-16(9-10-17-21(18)25(36)33(24(17)35)14-7-5-4-6-8-14)23(29(28,31)27(32)38)22-19(39-2)11-15(34)12-20(22)40-3/h4-9,11-12,17-18,21,23,34H,10,13H2,1-3H3. The fourth-order valence-electron chi connectivity index (χ4n) is 7.10.